The lowest BCUT2D eigenvalue weighted by atomic mass is 10.2. The summed E-state index contributed by atoms with van der Waals surface area (Å²) in [4.78, 5) is 12.7. The first kappa shape index (κ1) is 20.2. The smallest absolute Gasteiger partial charge is 0.276 e. The number of rotatable bonds is 4. The average molecular weight is 423 g/mol. The average Bonchev–Trinajstić information content (AvgIpc) is 3.00. The number of carbonyl (C=O) groups is 1. The molecule has 0 saturated heterocycles. The number of hydrogen-bond acceptors (Lipinski definition) is 5. The van der Waals surface area contributed by atoms with Crippen molar-refractivity contribution in [3.8, 4) is 0 Å². The standard InChI is InChI=1S/C19H18FNO5S2/c1-12(2)28(25,26)21-11-17(16-10-14(20)6-9-18(16)21)19(22)27(23,24)15-7-4-13(3)5-8-15/h4-12H,1-3H3. The Morgan fingerprint density at radius 1 is 1.00 bits per heavy atom. The van der Waals surface area contributed by atoms with Gasteiger partial charge in [-0.15, -0.1) is 0 Å². The van der Waals surface area contributed by atoms with Crippen LogP contribution in [0.1, 0.15) is 29.8 Å². The summed E-state index contributed by atoms with van der Waals surface area (Å²) in [6.07, 6.45) is 0.952. The maximum atomic E-state index is 13.8. The van der Waals surface area contributed by atoms with E-state index in [1.807, 2.05) is 0 Å². The number of carbonyl (C=O) groups excluding carboxylic acids is 1. The molecule has 0 aliphatic carbocycles. The van der Waals surface area contributed by atoms with Crippen molar-refractivity contribution >= 4 is 35.9 Å². The van der Waals surface area contributed by atoms with Crippen LogP contribution in [0.5, 0.6) is 0 Å². The molecule has 0 bridgehead atoms. The molecule has 0 atom stereocenters. The van der Waals surface area contributed by atoms with Crippen LogP contribution in [0.15, 0.2) is 53.6 Å². The second kappa shape index (κ2) is 6.82. The van der Waals surface area contributed by atoms with Gasteiger partial charge in [-0.3, -0.25) is 4.79 Å². The molecular weight excluding hydrogens is 405 g/mol. The van der Waals surface area contributed by atoms with E-state index >= 15 is 0 Å². The van der Waals surface area contributed by atoms with Crippen molar-refractivity contribution < 1.29 is 26.0 Å². The number of halogens is 1. The minimum absolute atomic E-state index is 0.0394. The van der Waals surface area contributed by atoms with Gasteiger partial charge in [0.15, 0.2) is 0 Å². The molecule has 1 heterocycles. The molecule has 0 radical (unpaired) electrons. The molecule has 0 amide bonds. The second-order valence-electron chi connectivity index (χ2n) is 6.70. The third kappa shape index (κ3) is 3.24. The van der Waals surface area contributed by atoms with Crippen LogP contribution in [0.3, 0.4) is 0 Å². The first-order chi connectivity index (χ1) is 13.0. The van der Waals surface area contributed by atoms with E-state index in [4.69, 9.17) is 0 Å². The van der Waals surface area contributed by atoms with Crippen molar-refractivity contribution in [1.29, 1.82) is 0 Å². The summed E-state index contributed by atoms with van der Waals surface area (Å²) in [7, 11) is -8.33. The van der Waals surface area contributed by atoms with Gasteiger partial charge < -0.3 is 0 Å². The van der Waals surface area contributed by atoms with Gasteiger partial charge in [-0.1, -0.05) is 17.7 Å². The number of aromatic nitrogens is 1. The largest absolute Gasteiger partial charge is 0.283 e. The Balaban J connectivity index is 2.27. The molecule has 2 aromatic carbocycles. The molecule has 6 nitrogen and oxygen atoms in total. The van der Waals surface area contributed by atoms with Crippen molar-refractivity contribution in [2.75, 3.05) is 0 Å². The maximum absolute atomic E-state index is 13.8. The number of fused-ring (bicyclic) bond motifs is 1. The van der Waals surface area contributed by atoms with Crippen molar-refractivity contribution in [3.63, 3.8) is 0 Å². The molecule has 0 spiro atoms. The monoisotopic (exact) mass is 423 g/mol. The summed E-state index contributed by atoms with van der Waals surface area (Å²) >= 11 is 0. The first-order valence-electron chi connectivity index (χ1n) is 8.37. The topological polar surface area (TPSA) is 90.3 Å². The molecule has 9 heteroatoms. The van der Waals surface area contributed by atoms with Gasteiger partial charge in [-0.25, -0.2) is 25.2 Å². The predicted molar refractivity (Wildman–Crippen MR) is 104 cm³/mol. The Morgan fingerprint density at radius 2 is 1.61 bits per heavy atom. The van der Waals surface area contributed by atoms with Crippen molar-refractivity contribution in [3.05, 3.63) is 65.6 Å². The van der Waals surface area contributed by atoms with Gasteiger partial charge in [0.25, 0.3) is 5.12 Å². The molecule has 3 aromatic rings. The number of sulfone groups is 1. The van der Waals surface area contributed by atoms with Crippen LogP contribution in [0, 0.1) is 12.7 Å². The lowest BCUT2D eigenvalue weighted by Gasteiger charge is -2.10. The maximum Gasteiger partial charge on any atom is 0.283 e. The summed E-state index contributed by atoms with van der Waals surface area (Å²) in [6, 6.07) is 8.91. The van der Waals surface area contributed by atoms with Crippen LogP contribution in [0.2, 0.25) is 0 Å². The van der Waals surface area contributed by atoms with Crippen LogP contribution in [-0.4, -0.2) is 31.2 Å². The molecular formula is C19H18FNO5S2. The molecule has 0 aliphatic rings. The van der Waals surface area contributed by atoms with Crippen molar-refractivity contribution in [2.24, 2.45) is 0 Å². The summed E-state index contributed by atoms with van der Waals surface area (Å²) in [6.45, 7) is 4.68. The SMILES string of the molecule is Cc1ccc(S(=O)(=O)C(=O)c2cn(S(=O)(=O)C(C)C)c3ccc(F)cc23)cc1. The Kier molecular flexibility index (Phi) is 4.93. The zero-order valence-corrected chi connectivity index (χ0v) is 17.0. The number of aryl methyl sites for hydroxylation is 1. The predicted octanol–water partition coefficient (Wildman–Crippen LogP) is 3.29. The minimum atomic E-state index is -4.44. The fourth-order valence-electron chi connectivity index (χ4n) is 2.74. The highest BCUT2D eigenvalue weighted by atomic mass is 32.2. The zero-order valence-electron chi connectivity index (χ0n) is 15.4. The van der Waals surface area contributed by atoms with Crippen LogP contribution >= 0.6 is 0 Å². The van der Waals surface area contributed by atoms with Gasteiger partial charge in [0, 0.05) is 11.6 Å². The van der Waals surface area contributed by atoms with E-state index in [1.54, 1.807) is 19.1 Å². The van der Waals surface area contributed by atoms with E-state index < -0.39 is 36.0 Å². The highest BCUT2D eigenvalue weighted by Crippen LogP contribution is 2.28. The van der Waals surface area contributed by atoms with Crippen LogP contribution in [0.25, 0.3) is 10.9 Å². The fourth-order valence-corrected chi connectivity index (χ4v) is 5.04. The zero-order chi connectivity index (χ0) is 20.9. The lowest BCUT2D eigenvalue weighted by Crippen LogP contribution is -2.22. The van der Waals surface area contributed by atoms with Crippen LogP contribution < -0.4 is 0 Å². The van der Waals surface area contributed by atoms with E-state index in [1.165, 1.54) is 32.0 Å². The molecule has 148 valence electrons. The van der Waals surface area contributed by atoms with Gasteiger partial charge in [-0.2, -0.15) is 0 Å². The van der Waals surface area contributed by atoms with E-state index in [9.17, 15) is 26.0 Å². The molecule has 0 unspecified atom stereocenters. The number of nitrogens with zero attached hydrogens (tertiary/aromatic N) is 1. The molecule has 1 aromatic heterocycles. The normalized spacial score (nSPS) is 12.6. The first-order valence-corrected chi connectivity index (χ1v) is 11.4. The van der Waals surface area contributed by atoms with Crippen molar-refractivity contribution in [2.45, 2.75) is 30.9 Å². The fraction of sp³-hybridized carbons (Fsp3) is 0.211. The van der Waals surface area contributed by atoms with Crippen molar-refractivity contribution in [1.82, 2.24) is 3.97 Å². The number of hydrogen-bond donors (Lipinski definition) is 0. The van der Waals surface area contributed by atoms with E-state index in [-0.39, 0.29) is 21.4 Å². The Morgan fingerprint density at radius 3 is 2.18 bits per heavy atom. The van der Waals surface area contributed by atoms with Gasteiger partial charge in [-0.05, 0) is 51.1 Å². The van der Waals surface area contributed by atoms with Gasteiger partial charge in [0.05, 0.1) is 21.2 Å². The quantitative estimate of drug-likeness (QED) is 0.642. The summed E-state index contributed by atoms with van der Waals surface area (Å²) in [5, 5.41) is -2.20. The Hall–Kier alpha value is -2.52. The Bertz CT molecular complexity index is 1290. The molecule has 0 saturated carbocycles. The second-order valence-corrected chi connectivity index (χ2v) is 10.9. The van der Waals surface area contributed by atoms with Gasteiger partial charge in [0.2, 0.25) is 19.9 Å². The summed E-state index contributed by atoms with van der Waals surface area (Å²) in [5.41, 5.74) is 0.463. The van der Waals surface area contributed by atoms with E-state index in [2.05, 4.69) is 0 Å². The molecule has 0 aliphatic heterocycles. The molecule has 0 N–H and O–H groups in total. The van der Waals surface area contributed by atoms with Crippen LogP contribution in [0.4, 0.5) is 4.39 Å². The third-order valence-corrected chi connectivity index (χ3v) is 8.04. The lowest BCUT2D eigenvalue weighted by molar-refractivity contribution is 0.107. The van der Waals surface area contributed by atoms with Crippen LogP contribution in [-0.2, 0) is 19.9 Å². The van der Waals surface area contributed by atoms with E-state index in [0.29, 0.717) is 0 Å². The summed E-state index contributed by atoms with van der Waals surface area (Å²) in [5.74, 6) is -0.714. The molecule has 3 rings (SSSR count). The minimum Gasteiger partial charge on any atom is -0.276 e. The highest BCUT2D eigenvalue weighted by Gasteiger charge is 2.32. The number of benzene rings is 2. The third-order valence-electron chi connectivity index (χ3n) is 4.40. The van der Waals surface area contributed by atoms with Gasteiger partial charge >= 0.3 is 0 Å². The molecule has 0 fully saturated rings. The highest BCUT2D eigenvalue weighted by molar-refractivity contribution is 8.06. The van der Waals surface area contributed by atoms with Gasteiger partial charge in [0.1, 0.15) is 5.82 Å². The van der Waals surface area contributed by atoms with E-state index in [0.717, 1.165) is 27.9 Å². The Labute approximate surface area is 162 Å². The summed E-state index contributed by atoms with van der Waals surface area (Å²) < 4.78 is 65.4. The molecule has 28 heavy (non-hydrogen) atoms.